The van der Waals surface area contributed by atoms with Gasteiger partial charge in [-0.05, 0) is 24.6 Å². The molecule has 0 bridgehead atoms. The second-order valence-corrected chi connectivity index (χ2v) is 4.08. The molecule has 0 fully saturated rings. The Morgan fingerprint density at radius 2 is 1.47 bits per heavy atom. The third-order valence-electron chi connectivity index (χ3n) is 2.69. The summed E-state index contributed by atoms with van der Waals surface area (Å²) in [6, 6.07) is 14.4. The van der Waals surface area contributed by atoms with Crippen molar-refractivity contribution in [1.29, 1.82) is 0 Å². The molecule has 19 heavy (non-hydrogen) atoms. The maximum atomic E-state index is 12.8. The molecule has 0 aliphatic rings. The van der Waals surface area contributed by atoms with Crippen LogP contribution in [0, 0.1) is 0 Å². The molecule has 0 aliphatic carbocycles. The molecule has 0 N–H and O–H groups in total. The van der Waals surface area contributed by atoms with Gasteiger partial charge in [-0.25, -0.2) is 0 Å². The third kappa shape index (κ3) is 3.22. The first kappa shape index (κ1) is 13.3. The number of hydrogen-bond donors (Lipinski definition) is 0. The zero-order chi connectivity index (χ0) is 13.9. The number of hydrogen-bond acceptors (Lipinski definition) is 1. The topological polar surface area (TPSA) is 12.4 Å². The van der Waals surface area contributed by atoms with Gasteiger partial charge in [0.2, 0.25) is 0 Å². The van der Waals surface area contributed by atoms with Crippen LogP contribution in [-0.4, -0.2) is 5.71 Å². The van der Waals surface area contributed by atoms with Crippen molar-refractivity contribution in [3.05, 3.63) is 65.7 Å². The van der Waals surface area contributed by atoms with E-state index in [0.29, 0.717) is 5.71 Å². The highest BCUT2D eigenvalue weighted by atomic mass is 19.4. The molecule has 0 unspecified atom stereocenters. The monoisotopic (exact) mass is 263 g/mol. The Morgan fingerprint density at radius 1 is 0.895 bits per heavy atom. The average Bonchev–Trinajstić information content (AvgIpc) is 2.39. The van der Waals surface area contributed by atoms with Crippen molar-refractivity contribution in [3.63, 3.8) is 0 Å². The first-order valence-corrected chi connectivity index (χ1v) is 5.75. The van der Waals surface area contributed by atoms with Crippen molar-refractivity contribution in [1.82, 2.24) is 0 Å². The van der Waals surface area contributed by atoms with Gasteiger partial charge in [-0.15, -0.1) is 0 Å². The Hall–Kier alpha value is -2.10. The van der Waals surface area contributed by atoms with E-state index in [4.69, 9.17) is 0 Å². The highest BCUT2D eigenvalue weighted by molar-refractivity contribution is 6.00. The Balaban J connectivity index is 2.44. The molecule has 0 saturated carbocycles. The van der Waals surface area contributed by atoms with Crippen molar-refractivity contribution < 1.29 is 13.2 Å². The molecule has 0 aromatic heterocycles. The Kier molecular flexibility index (Phi) is 3.69. The van der Waals surface area contributed by atoms with E-state index >= 15 is 0 Å². The molecule has 1 nitrogen and oxygen atoms in total. The van der Waals surface area contributed by atoms with Crippen molar-refractivity contribution in [3.8, 4) is 0 Å². The van der Waals surface area contributed by atoms with Crippen LogP contribution in [0.25, 0.3) is 0 Å². The molecule has 0 atom stereocenters. The fourth-order valence-electron chi connectivity index (χ4n) is 1.74. The fraction of sp³-hybridized carbons (Fsp3) is 0.133. The maximum absolute atomic E-state index is 12.8. The van der Waals surface area contributed by atoms with Gasteiger partial charge in [0.1, 0.15) is 0 Å². The fourth-order valence-corrected chi connectivity index (χ4v) is 1.74. The molecule has 4 heteroatoms. The summed E-state index contributed by atoms with van der Waals surface area (Å²) in [6.07, 6.45) is -4.39. The van der Waals surface area contributed by atoms with Gasteiger partial charge in [-0.3, -0.25) is 4.99 Å². The molecular formula is C15H12F3N. The molecular weight excluding hydrogens is 251 g/mol. The van der Waals surface area contributed by atoms with Gasteiger partial charge in [-0.1, -0.05) is 42.5 Å². The minimum atomic E-state index is -4.39. The van der Waals surface area contributed by atoms with E-state index in [-0.39, 0.29) is 5.69 Å². The van der Waals surface area contributed by atoms with Crippen LogP contribution in [0.2, 0.25) is 0 Å². The standard InChI is InChI=1S/C15H12F3N/c1-11(12-7-3-2-4-8-12)19-14-10-6-5-9-13(14)15(16,17)18/h2-10H,1H3. The van der Waals surface area contributed by atoms with E-state index in [2.05, 4.69) is 4.99 Å². The van der Waals surface area contributed by atoms with Gasteiger partial charge >= 0.3 is 6.18 Å². The minimum absolute atomic E-state index is 0.0589. The highest BCUT2D eigenvalue weighted by Crippen LogP contribution is 2.36. The summed E-state index contributed by atoms with van der Waals surface area (Å²) in [5, 5.41) is 0. The molecule has 0 spiro atoms. The molecule has 0 amide bonds. The van der Waals surface area contributed by atoms with Crippen LogP contribution >= 0.6 is 0 Å². The van der Waals surface area contributed by atoms with Crippen molar-refractivity contribution in [2.45, 2.75) is 13.1 Å². The summed E-state index contributed by atoms with van der Waals surface area (Å²) in [4.78, 5) is 4.09. The van der Waals surface area contributed by atoms with Gasteiger partial charge in [0.15, 0.2) is 0 Å². The van der Waals surface area contributed by atoms with Gasteiger partial charge in [0, 0.05) is 5.71 Å². The lowest BCUT2D eigenvalue weighted by Crippen LogP contribution is -2.05. The van der Waals surface area contributed by atoms with Crippen molar-refractivity contribution in [2.75, 3.05) is 0 Å². The van der Waals surface area contributed by atoms with Crippen molar-refractivity contribution in [2.24, 2.45) is 4.99 Å². The van der Waals surface area contributed by atoms with Crippen LogP contribution in [0.4, 0.5) is 18.9 Å². The lowest BCUT2D eigenvalue weighted by atomic mass is 10.1. The molecule has 0 saturated heterocycles. The number of para-hydroxylation sites is 1. The predicted octanol–water partition coefficient (Wildman–Crippen LogP) is 4.85. The van der Waals surface area contributed by atoms with Gasteiger partial charge < -0.3 is 0 Å². The van der Waals surface area contributed by atoms with Crippen LogP contribution in [0.15, 0.2) is 59.6 Å². The predicted molar refractivity (Wildman–Crippen MR) is 69.8 cm³/mol. The molecule has 2 aromatic rings. The zero-order valence-corrected chi connectivity index (χ0v) is 10.3. The SMILES string of the molecule is CC(=Nc1ccccc1C(F)(F)F)c1ccccc1. The minimum Gasteiger partial charge on any atom is -0.253 e. The molecule has 0 aliphatic heterocycles. The van der Waals surface area contributed by atoms with Crippen LogP contribution in [-0.2, 0) is 6.18 Å². The molecule has 2 aromatic carbocycles. The largest absolute Gasteiger partial charge is 0.418 e. The number of alkyl halides is 3. The van der Waals surface area contributed by atoms with Crippen LogP contribution in [0.5, 0.6) is 0 Å². The first-order chi connectivity index (χ1) is 8.98. The Morgan fingerprint density at radius 3 is 2.11 bits per heavy atom. The third-order valence-corrected chi connectivity index (χ3v) is 2.69. The number of nitrogens with zero attached hydrogens (tertiary/aromatic N) is 1. The zero-order valence-electron chi connectivity index (χ0n) is 10.3. The van der Waals surface area contributed by atoms with Gasteiger partial charge in [0.25, 0.3) is 0 Å². The molecule has 2 rings (SSSR count). The van der Waals surface area contributed by atoms with E-state index in [1.807, 2.05) is 30.3 Å². The van der Waals surface area contributed by atoms with E-state index in [0.717, 1.165) is 11.6 Å². The Bertz CT molecular complexity index is 586. The summed E-state index contributed by atoms with van der Waals surface area (Å²) in [7, 11) is 0. The Labute approximate surface area is 109 Å². The average molecular weight is 263 g/mol. The summed E-state index contributed by atoms with van der Waals surface area (Å²) >= 11 is 0. The number of rotatable bonds is 2. The second-order valence-electron chi connectivity index (χ2n) is 4.08. The lowest BCUT2D eigenvalue weighted by Gasteiger charge is -2.10. The smallest absolute Gasteiger partial charge is 0.253 e. The van der Waals surface area contributed by atoms with Crippen LogP contribution in [0.1, 0.15) is 18.1 Å². The second kappa shape index (κ2) is 5.26. The normalized spacial score (nSPS) is 12.5. The van der Waals surface area contributed by atoms with E-state index in [9.17, 15) is 13.2 Å². The lowest BCUT2D eigenvalue weighted by molar-refractivity contribution is -0.137. The number of benzene rings is 2. The van der Waals surface area contributed by atoms with Crippen LogP contribution < -0.4 is 0 Å². The maximum Gasteiger partial charge on any atom is 0.418 e. The summed E-state index contributed by atoms with van der Waals surface area (Å²) in [5.41, 5.74) is 0.582. The first-order valence-electron chi connectivity index (χ1n) is 5.75. The summed E-state index contributed by atoms with van der Waals surface area (Å²) in [6.45, 7) is 1.70. The number of aliphatic imine (C=N–C) groups is 1. The molecule has 0 heterocycles. The van der Waals surface area contributed by atoms with Crippen LogP contribution in [0.3, 0.4) is 0 Å². The molecule has 0 radical (unpaired) electrons. The summed E-state index contributed by atoms with van der Waals surface area (Å²) in [5.74, 6) is 0. The van der Waals surface area contributed by atoms with Gasteiger partial charge in [-0.2, -0.15) is 13.2 Å². The van der Waals surface area contributed by atoms with E-state index in [1.165, 1.54) is 12.1 Å². The summed E-state index contributed by atoms with van der Waals surface area (Å²) < 4.78 is 38.5. The molecule has 98 valence electrons. The quantitative estimate of drug-likeness (QED) is 0.687. The highest BCUT2D eigenvalue weighted by Gasteiger charge is 2.33. The van der Waals surface area contributed by atoms with E-state index in [1.54, 1.807) is 13.0 Å². The van der Waals surface area contributed by atoms with Gasteiger partial charge in [0.05, 0.1) is 11.3 Å². The van der Waals surface area contributed by atoms with Crippen molar-refractivity contribution >= 4 is 11.4 Å². The number of halogens is 3. The van der Waals surface area contributed by atoms with E-state index < -0.39 is 11.7 Å².